The molecule has 4 nitrogen and oxygen atoms in total. The Morgan fingerprint density at radius 1 is 1.14 bits per heavy atom. The van der Waals surface area contributed by atoms with Crippen LogP contribution in [0.5, 0.6) is 11.5 Å². The molecule has 2 rings (SSSR count). The second-order valence-electron chi connectivity index (χ2n) is 4.02. The number of benzene rings is 2. The average Bonchev–Trinajstić information content (AvgIpc) is 2.42. The average molecular weight is 297 g/mol. The molecule has 0 aliphatic carbocycles. The van der Waals surface area contributed by atoms with Crippen molar-refractivity contribution >= 4 is 11.6 Å². The minimum atomic E-state index is -2.95. The van der Waals surface area contributed by atoms with Gasteiger partial charge in [-0.15, -0.1) is 0 Å². The molecule has 110 valence electrons. The van der Waals surface area contributed by atoms with Crippen LogP contribution in [-0.2, 0) is 0 Å². The number of carbonyl (C=O) groups excluding carboxylic acids is 1. The lowest BCUT2D eigenvalue weighted by Crippen LogP contribution is -2.13. The lowest BCUT2D eigenvalue weighted by molar-refractivity contribution is -0.0498. The maximum absolute atomic E-state index is 13.5. The predicted octanol–water partition coefficient (Wildman–Crippen LogP) is 3.39. The molecule has 21 heavy (non-hydrogen) atoms. The molecule has 0 saturated heterocycles. The summed E-state index contributed by atoms with van der Waals surface area (Å²) >= 11 is 0. The largest absolute Gasteiger partial charge is 0.508 e. The first kappa shape index (κ1) is 14.7. The van der Waals surface area contributed by atoms with Crippen molar-refractivity contribution in [2.75, 3.05) is 5.32 Å². The first-order valence-corrected chi connectivity index (χ1v) is 5.80. The van der Waals surface area contributed by atoms with E-state index in [9.17, 15) is 18.0 Å². The number of aromatic hydroxyl groups is 1. The molecule has 0 aliphatic rings. The second-order valence-corrected chi connectivity index (χ2v) is 4.02. The number of carbonyl (C=O) groups is 1. The number of hydrogen-bond donors (Lipinski definition) is 2. The molecule has 0 radical (unpaired) electrons. The van der Waals surface area contributed by atoms with Gasteiger partial charge >= 0.3 is 6.61 Å². The minimum absolute atomic E-state index is 0.0858. The quantitative estimate of drug-likeness (QED) is 0.850. The predicted molar refractivity (Wildman–Crippen MR) is 69.1 cm³/mol. The Kier molecular flexibility index (Phi) is 4.32. The minimum Gasteiger partial charge on any atom is -0.508 e. The van der Waals surface area contributed by atoms with E-state index in [2.05, 4.69) is 10.1 Å². The molecular formula is C14H10F3NO3. The molecule has 1 amide bonds. The summed E-state index contributed by atoms with van der Waals surface area (Å²) in [6.45, 7) is -2.95. The Hall–Kier alpha value is -2.70. The maximum atomic E-state index is 13.5. The van der Waals surface area contributed by atoms with Crippen LogP contribution in [0.4, 0.5) is 18.9 Å². The Balaban J connectivity index is 2.09. The Bertz CT molecular complexity index is 644. The van der Waals surface area contributed by atoms with Gasteiger partial charge in [-0.05, 0) is 36.4 Å². The van der Waals surface area contributed by atoms with E-state index in [4.69, 9.17) is 5.11 Å². The number of hydrogen-bond acceptors (Lipinski definition) is 3. The van der Waals surface area contributed by atoms with Crippen molar-refractivity contribution in [2.24, 2.45) is 0 Å². The van der Waals surface area contributed by atoms with Crippen molar-refractivity contribution < 1.29 is 27.8 Å². The van der Waals surface area contributed by atoms with Crippen LogP contribution in [0.1, 0.15) is 10.4 Å². The molecule has 0 fully saturated rings. The second kappa shape index (κ2) is 6.17. The maximum Gasteiger partial charge on any atom is 0.387 e. The van der Waals surface area contributed by atoms with E-state index in [-0.39, 0.29) is 22.7 Å². The van der Waals surface area contributed by atoms with Gasteiger partial charge in [0, 0.05) is 11.6 Å². The van der Waals surface area contributed by atoms with E-state index in [0.29, 0.717) is 0 Å². The SMILES string of the molecule is O=C(Nc1ccc(O)cc1F)c1ccc(OC(F)F)cc1. The molecular weight excluding hydrogens is 287 g/mol. The fourth-order valence-electron chi connectivity index (χ4n) is 1.59. The fourth-order valence-corrected chi connectivity index (χ4v) is 1.59. The lowest BCUT2D eigenvalue weighted by Gasteiger charge is -2.08. The molecule has 0 aromatic heterocycles. The molecule has 0 atom stereocenters. The summed E-state index contributed by atoms with van der Waals surface area (Å²) in [6.07, 6.45) is 0. The summed E-state index contributed by atoms with van der Waals surface area (Å²) in [4.78, 5) is 11.9. The van der Waals surface area contributed by atoms with E-state index in [0.717, 1.165) is 6.07 Å². The summed E-state index contributed by atoms with van der Waals surface area (Å²) in [5, 5.41) is 11.4. The number of phenols is 1. The topological polar surface area (TPSA) is 58.6 Å². The highest BCUT2D eigenvalue weighted by Gasteiger charge is 2.11. The summed E-state index contributed by atoms with van der Waals surface area (Å²) in [7, 11) is 0. The molecule has 0 spiro atoms. The van der Waals surface area contributed by atoms with E-state index >= 15 is 0 Å². The van der Waals surface area contributed by atoms with Crippen molar-refractivity contribution in [1.82, 2.24) is 0 Å². The number of nitrogens with one attached hydrogen (secondary N) is 1. The normalized spacial score (nSPS) is 10.5. The van der Waals surface area contributed by atoms with Gasteiger partial charge in [0.05, 0.1) is 5.69 Å². The Morgan fingerprint density at radius 2 is 1.81 bits per heavy atom. The van der Waals surface area contributed by atoms with Gasteiger partial charge in [-0.3, -0.25) is 4.79 Å². The zero-order chi connectivity index (χ0) is 15.4. The molecule has 2 aromatic carbocycles. The highest BCUT2D eigenvalue weighted by Crippen LogP contribution is 2.21. The number of halogens is 3. The fraction of sp³-hybridized carbons (Fsp3) is 0.0714. The summed E-state index contributed by atoms with van der Waals surface area (Å²) < 4.78 is 41.6. The molecule has 7 heteroatoms. The van der Waals surface area contributed by atoms with E-state index < -0.39 is 18.3 Å². The third kappa shape index (κ3) is 3.88. The van der Waals surface area contributed by atoms with Gasteiger partial charge < -0.3 is 15.2 Å². The molecule has 0 unspecified atom stereocenters. The number of phenolic OH excluding ortho intramolecular Hbond substituents is 1. The van der Waals surface area contributed by atoms with E-state index in [1.54, 1.807) is 0 Å². The summed E-state index contributed by atoms with van der Waals surface area (Å²) in [5.74, 6) is -1.76. The molecule has 2 N–H and O–H groups in total. The zero-order valence-corrected chi connectivity index (χ0v) is 10.5. The van der Waals surface area contributed by atoms with Crippen molar-refractivity contribution in [3.8, 4) is 11.5 Å². The van der Waals surface area contributed by atoms with Gasteiger partial charge in [-0.25, -0.2) is 4.39 Å². The first-order valence-electron chi connectivity index (χ1n) is 5.80. The Morgan fingerprint density at radius 3 is 2.38 bits per heavy atom. The van der Waals surface area contributed by atoms with Crippen molar-refractivity contribution in [1.29, 1.82) is 0 Å². The van der Waals surface area contributed by atoms with Crippen LogP contribution in [0.2, 0.25) is 0 Å². The number of ether oxygens (including phenoxy) is 1. The highest BCUT2D eigenvalue weighted by atomic mass is 19.3. The van der Waals surface area contributed by atoms with Gasteiger partial charge in [0.15, 0.2) is 0 Å². The molecule has 0 heterocycles. The standard InChI is InChI=1S/C14H10F3NO3/c15-11-7-9(19)3-6-12(11)18-13(20)8-1-4-10(5-2-8)21-14(16)17/h1-7,14,19H,(H,18,20). The van der Waals surface area contributed by atoms with Gasteiger partial charge in [0.2, 0.25) is 0 Å². The van der Waals surface area contributed by atoms with Gasteiger partial charge in [0.1, 0.15) is 17.3 Å². The molecule has 0 saturated carbocycles. The van der Waals surface area contributed by atoms with Crippen LogP contribution in [0.25, 0.3) is 0 Å². The third-order valence-corrected chi connectivity index (χ3v) is 2.54. The molecule has 2 aromatic rings. The summed E-state index contributed by atoms with van der Waals surface area (Å²) in [5.41, 5.74) is 0.0369. The van der Waals surface area contributed by atoms with Crippen LogP contribution in [-0.4, -0.2) is 17.6 Å². The van der Waals surface area contributed by atoms with E-state index in [1.807, 2.05) is 0 Å². The number of amides is 1. The molecule has 0 bridgehead atoms. The van der Waals surface area contributed by atoms with Crippen LogP contribution in [0, 0.1) is 5.82 Å². The first-order chi connectivity index (χ1) is 9.95. The van der Waals surface area contributed by atoms with Gasteiger partial charge in [-0.2, -0.15) is 8.78 Å². The molecule has 0 aliphatic heterocycles. The monoisotopic (exact) mass is 297 g/mol. The van der Waals surface area contributed by atoms with Gasteiger partial charge in [-0.1, -0.05) is 0 Å². The van der Waals surface area contributed by atoms with Crippen molar-refractivity contribution in [3.63, 3.8) is 0 Å². The van der Waals surface area contributed by atoms with Crippen LogP contribution in [0.15, 0.2) is 42.5 Å². The smallest absolute Gasteiger partial charge is 0.387 e. The zero-order valence-electron chi connectivity index (χ0n) is 10.5. The van der Waals surface area contributed by atoms with Crippen LogP contribution < -0.4 is 10.1 Å². The van der Waals surface area contributed by atoms with Crippen LogP contribution >= 0.6 is 0 Å². The van der Waals surface area contributed by atoms with Crippen LogP contribution in [0.3, 0.4) is 0 Å². The number of anilines is 1. The third-order valence-electron chi connectivity index (χ3n) is 2.54. The van der Waals surface area contributed by atoms with Crippen molar-refractivity contribution in [3.05, 3.63) is 53.8 Å². The number of alkyl halides is 2. The highest BCUT2D eigenvalue weighted by molar-refractivity contribution is 6.04. The lowest BCUT2D eigenvalue weighted by atomic mass is 10.2. The van der Waals surface area contributed by atoms with Gasteiger partial charge in [0.25, 0.3) is 5.91 Å². The number of rotatable bonds is 4. The van der Waals surface area contributed by atoms with E-state index in [1.165, 1.54) is 36.4 Å². The summed E-state index contributed by atoms with van der Waals surface area (Å²) in [6, 6.07) is 8.23. The van der Waals surface area contributed by atoms with Crippen molar-refractivity contribution in [2.45, 2.75) is 6.61 Å². The Labute approximate surface area is 117 Å².